The molecule has 0 saturated heterocycles. The molecule has 14 heavy (non-hydrogen) atoms. The van der Waals surface area contributed by atoms with Gasteiger partial charge in [0.05, 0.1) is 12.7 Å². The van der Waals surface area contributed by atoms with Crippen LogP contribution in [0.5, 0.6) is 0 Å². The molecule has 0 amide bonds. The molecule has 78 valence electrons. The van der Waals surface area contributed by atoms with Gasteiger partial charge in [0, 0.05) is 18.8 Å². The van der Waals surface area contributed by atoms with Gasteiger partial charge < -0.3 is 9.73 Å². The molecule has 0 spiro atoms. The Labute approximate surface area is 80.5 Å². The zero-order valence-corrected chi connectivity index (χ0v) is 7.89. The predicted molar refractivity (Wildman–Crippen MR) is 46.2 cm³/mol. The highest BCUT2D eigenvalue weighted by Gasteiger charge is 2.48. The quantitative estimate of drug-likeness (QED) is 0.813. The second-order valence-corrected chi connectivity index (χ2v) is 3.66. The van der Waals surface area contributed by atoms with Gasteiger partial charge in [-0.1, -0.05) is 0 Å². The van der Waals surface area contributed by atoms with E-state index in [4.69, 9.17) is 4.42 Å². The fourth-order valence-corrected chi connectivity index (χ4v) is 1.60. The van der Waals surface area contributed by atoms with Crippen molar-refractivity contribution in [2.75, 3.05) is 7.05 Å². The van der Waals surface area contributed by atoms with Gasteiger partial charge in [0.25, 0.3) is 0 Å². The topological polar surface area (TPSA) is 38.1 Å². The highest BCUT2D eigenvalue weighted by molar-refractivity contribution is 5.06. The van der Waals surface area contributed by atoms with E-state index in [1.54, 1.807) is 13.2 Å². The highest BCUT2D eigenvalue weighted by atomic mass is 19.3. The van der Waals surface area contributed by atoms with Crippen molar-refractivity contribution in [2.45, 2.75) is 31.2 Å². The maximum absolute atomic E-state index is 12.5. The molecule has 2 rings (SSSR count). The zero-order chi connectivity index (χ0) is 10.2. The van der Waals surface area contributed by atoms with E-state index >= 15 is 0 Å². The summed E-state index contributed by atoms with van der Waals surface area (Å²) in [5.74, 6) is -1.57. The van der Waals surface area contributed by atoms with E-state index in [0.717, 1.165) is 0 Å². The Morgan fingerprint density at radius 2 is 2.36 bits per heavy atom. The van der Waals surface area contributed by atoms with E-state index in [9.17, 15) is 8.78 Å². The minimum absolute atomic E-state index is 0.132. The minimum atomic E-state index is -2.51. The van der Waals surface area contributed by atoms with Crippen molar-refractivity contribution in [3.63, 3.8) is 0 Å². The van der Waals surface area contributed by atoms with Crippen LogP contribution < -0.4 is 5.32 Å². The van der Waals surface area contributed by atoms with Crippen LogP contribution in [0.15, 0.2) is 10.6 Å². The molecule has 0 bridgehead atoms. The first kappa shape index (κ1) is 9.58. The summed E-state index contributed by atoms with van der Waals surface area (Å²) in [6, 6.07) is 0. The van der Waals surface area contributed by atoms with Crippen LogP contribution in [0.4, 0.5) is 8.78 Å². The summed E-state index contributed by atoms with van der Waals surface area (Å²) >= 11 is 0. The third-order valence-corrected chi connectivity index (χ3v) is 2.36. The molecule has 0 aromatic carbocycles. The largest absolute Gasteiger partial charge is 0.444 e. The number of alkyl halides is 2. The van der Waals surface area contributed by atoms with E-state index in [1.165, 1.54) is 0 Å². The van der Waals surface area contributed by atoms with Crippen molar-refractivity contribution in [1.82, 2.24) is 10.3 Å². The molecule has 1 aromatic rings. The Morgan fingerprint density at radius 1 is 1.64 bits per heavy atom. The van der Waals surface area contributed by atoms with Gasteiger partial charge in [-0.2, -0.15) is 0 Å². The second-order valence-electron chi connectivity index (χ2n) is 3.66. The van der Waals surface area contributed by atoms with Crippen LogP contribution in [-0.4, -0.2) is 18.0 Å². The molecule has 1 aliphatic carbocycles. The molecule has 0 aliphatic heterocycles. The molecule has 1 heterocycles. The monoisotopic (exact) mass is 202 g/mol. The Morgan fingerprint density at radius 3 is 2.93 bits per heavy atom. The van der Waals surface area contributed by atoms with Crippen LogP contribution >= 0.6 is 0 Å². The number of oxazole rings is 1. The molecule has 1 aliphatic rings. The fourth-order valence-electron chi connectivity index (χ4n) is 1.60. The number of nitrogens with one attached hydrogen (secondary N) is 1. The Balaban J connectivity index is 1.98. The van der Waals surface area contributed by atoms with Crippen LogP contribution in [-0.2, 0) is 6.54 Å². The first-order valence-electron chi connectivity index (χ1n) is 4.58. The number of nitrogens with zero attached hydrogens (tertiary/aromatic N) is 1. The number of aromatic nitrogens is 1. The zero-order valence-electron chi connectivity index (χ0n) is 7.89. The van der Waals surface area contributed by atoms with Gasteiger partial charge in [0.1, 0.15) is 5.76 Å². The molecule has 0 unspecified atom stereocenters. The van der Waals surface area contributed by atoms with Crippen LogP contribution in [0.25, 0.3) is 0 Å². The summed E-state index contributed by atoms with van der Waals surface area (Å²) in [5.41, 5.74) is 0. The lowest BCUT2D eigenvalue weighted by molar-refractivity contribution is -0.0919. The second kappa shape index (κ2) is 3.31. The maximum atomic E-state index is 12.5. The SMILES string of the molecule is CNCc1cnc(C2CC(F)(F)C2)o1. The standard InChI is InChI=1S/C9H12F2N2O/c1-12-4-7-5-13-8(14-7)6-2-9(10,11)3-6/h5-6,12H,2-4H2,1H3. The van der Waals surface area contributed by atoms with Gasteiger partial charge in [0.15, 0.2) is 5.89 Å². The van der Waals surface area contributed by atoms with E-state index in [0.29, 0.717) is 18.2 Å². The smallest absolute Gasteiger partial charge is 0.249 e. The molecule has 1 saturated carbocycles. The van der Waals surface area contributed by atoms with E-state index < -0.39 is 5.92 Å². The van der Waals surface area contributed by atoms with Crippen molar-refractivity contribution in [3.05, 3.63) is 17.8 Å². The molecule has 0 atom stereocenters. The Kier molecular flexibility index (Phi) is 2.26. The number of rotatable bonds is 3. The lowest BCUT2D eigenvalue weighted by Crippen LogP contribution is -2.33. The first-order valence-corrected chi connectivity index (χ1v) is 4.58. The maximum Gasteiger partial charge on any atom is 0.249 e. The molecule has 3 nitrogen and oxygen atoms in total. The first-order chi connectivity index (χ1) is 6.61. The average Bonchev–Trinajstić information content (AvgIpc) is 2.49. The molecular formula is C9H12F2N2O. The molecule has 5 heteroatoms. The summed E-state index contributed by atoms with van der Waals surface area (Å²) in [7, 11) is 1.79. The van der Waals surface area contributed by atoms with Crippen LogP contribution in [0.2, 0.25) is 0 Å². The van der Waals surface area contributed by atoms with E-state index in [2.05, 4.69) is 10.3 Å². The predicted octanol–water partition coefficient (Wildman–Crippen LogP) is 1.91. The van der Waals surface area contributed by atoms with Crippen molar-refractivity contribution in [3.8, 4) is 0 Å². The molecule has 0 radical (unpaired) electrons. The van der Waals surface area contributed by atoms with Crippen molar-refractivity contribution in [2.24, 2.45) is 0 Å². The molecule has 1 aromatic heterocycles. The fraction of sp³-hybridized carbons (Fsp3) is 0.667. The summed E-state index contributed by atoms with van der Waals surface area (Å²) in [6.07, 6.45) is 1.32. The lowest BCUT2D eigenvalue weighted by Gasteiger charge is -2.32. The number of hydrogen-bond acceptors (Lipinski definition) is 3. The number of hydrogen-bond donors (Lipinski definition) is 1. The van der Waals surface area contributed by atoms with Gasteiger partial charge in [-0.25, -0.2) is 13.8 Å². The summed E-state index contributed by atoms with van der Waals surface area (Å²) < 4.78 is 30.4. The van der Waals surface area contributed by atoms with Crippen molar-refractivity contribution in [1.29, 1.82) is 0 Å². The highest BCUT2D eigenvalue weighted by Crippen LogP contribution is 2.47. The number of halogens is 2. The van der Waals surface area contributed by atoms with E-state index in [1.807, 2.05) is 0 Å². The third kappa shape index (κ3) is 1.77. The van der Waals surface area contributed by atoms with Crippen molar-refractivity contribution < 1.29 is 13.2 Å². The van der Waals surface area contributed by atoms with Crippen LogP contribution in [0, 0.1) is 0 Å². The summed E-state index contributed by atoms with van der Waals surface area (Å²) in [5, 5.41) is 2.91. The van der Waals surface area contributed by atoms with Crippen LogP contribution in [0.3, 0.4) is 0 Å². The Hall–Kier alpha value is -0.970. The average molecular weight is 202 g/mol. The molecule has 1 fully saturated rings. The summed E-state index contributed by atoms with van der Waals surface area (Å²) in [4.78, 5) is 3.98. The Bertz CT molecular complexity index is 316. The van der Waals surface area contributed by atoms with Crippen LogP contribution in [0.1, 0.15) is 30.4 Å². The van der Waals surface area contributed by atoms with Gasteiger partial charge in [-0.3, -0.25) is 0 Å². The summed E-state index contributed by atoms with van der Waals surface area (Å²) in [6.45, 7) is 0.579. The van der Waals surface area contributed by atoms with E-state index in [-0.39, 0.29) is 18.8 Å². The van der Waals surface area contributed by atoms with Gasteiger partial charge >= 0.3 is 0 Å². The van der Waals surface area contributed by atoms with Gasteiger partial charge in [-0.15, -0.1) is 0 Å². The molecule has 1 N–H and O–H groups in total. The van der Waals surface area contributed by atoms with Gasteiger partial charge in [-0.05, 0) is 7.05 Å². The van der Waals surface area contributed by atoms with Gasteiger partial charge in [0.2, 0.25) is 5.92 Å². The molecular weight excluding hydrogens is 190 g/mol. The van der Waals surface area contributed by atoms with Crippen molar-refractivity contribution >= 4 is 0 Å². The lowest BCUT2D eigenvalue weighted by atomic mass is 9.81. The minimum Gasteiger partial charge on any atom is -0.444 e. The third-order valence-electron chi connectivity index (χ3n) is 2.36. The normalized spacial score (nSPS) is 20.8.